The molecule has 2 N–H and O–H groups in total. The van der Waals surface area contributed by atoms with Crippen molar-refractivity contribution in [3.05, 3.63) is 132 Å². The molecule has 0 aliphatic heterocycles. The maximum Gasteiger partial charge on any atom is 0.405 e. The van der Waals surface area contributed by atoms with Crippen LogP contribution in [0.1, 0.15) is 64.5 Å². The predicted octanol–water partition coefficient (Wildman–Crippen LogP) is 11.0. The van der Waals surface area contributed by atoms with Crippen LogP contribution in [0.2, 0.25) is 13.1 Å². The number of carbonyl (C=O) groups is 4. The van der Waals surface area contributed by atoms with Crippen LogP contribution in [0, 0.1) is 22.7 Å². The van der Waals surface area contributed by atoms with Gasteiger partial charge in [0, 0.05) is 11.1 Å². The summed E-state index contributed by atoms with van der Waals surface area (Å²) in [5.41, 5.74) is 5.63. The van der Waals surface area contributed by atoms with Crippen LogP contribution in [0.15, 0.2) is 121 Å². The van der Waals surface area contributed by atoms with Gasteiger partial charge in [-0.2, -0.15) is 34.0 Å². The van der Waals surface area contributed by atoms with E-state index in [1.165, 1.54) is 13.8 Å². The number of nitrogens with zero attached hydrogens (tertiary/aromatic N) is 2. The Labute approximate surface area is 440 Å². The van der Waals surface area contributed by atoms with Crippen LogP contribution in [-0.2, 0) is 32.0 Å². The van der Waals surface area contributed by atoms with Gasteiger partial charge in [0.2, 0.25) is 0 Å². The predicted molar refractivity (Wildman–Crippen MR) is 291 cm³/mol. The number of hydrogen-bond acceptors (Lipinski definition) is 15. The summed E-state index contributed by atoms with van der Waals surface area (Å²) < 4.78 is 42.4. The number of benzene rings is 4. The first kappa shape index (κ1) is 59.1. The number of rotatable bonds is 30. The summed E-state index contributed by atoms with van der Waals surface area (Å²) in [6.07, 6.45) is 0.878. The Bertz CT molecular complexity index is 2370. The highest BCUT2D eigenvalue weighted by atomic mass is 32.2. The molecule has 19 heteroatoms. The zero-order chi connectivity index (χ0) is 53.2. The Balaban J connectivity index is 1.48. The monoisotopic (exact) mass is 1070 g/mol. The summed E-state index contributed by atoms with van der Waals surface area (Å²) in [6, 6.07) is 34.6. The molecule has 73 heavy (non-hydrogen) atoms. The van der Waals surface area contributed by atoms with Gasteiger partial charge in [-0.25, -0.2) is 19.2 Å². The third kappa shape index (κ3) is 19.8. The Morgan fingerprint density at radius 1 is 0.562 bits per heavy atom. The summed E-state index contributed by atoms with van der Waals surface area (Å²) >= 11 is 3.19. The van der Waals surface area contributed by atoms with Gasteiger partial charge in [0.25, 0.3) is 0 Å². The van der Waals surface area contributed by atoms with Crippen LogP contribution in [0.5, 0.6) is 11.5 Å². The van der Waals surface area contributed by atoms with E-state index in [4.69, 9.17) is 42.4 Å². The van der Waals surface area contributed by atoms with Gasteiger partial charge in [-0.15, -0.1) is 0 Å². The molecule has 388 valence electrons. The fourth-order valence-corrected chi connectivity index (χ4v) is 20.3. The topological polar surface area (TPSA) is 205 Å². The largest absolute Gasteiger partial charge is 0.494 e. The zero-order valence-electron chi connectivity index (χ0n) is 42.5. The average Bonchev–Trinajstić information content (AvgIpc) is 3.38. The van der Waals surface area contributed by atoms with Crippen LogP contribution in [0.25, 0.3) is 22.3 Å². The first-order valence-electron chi connectivity index (χ1n) is 24.0. The lowest BCUT2D eigenvalue weighted by atomic mass is 10.0. The number of amides is 2. The molecule has 4 atom stereocenters. The van der Waals surface area contributed by atoms with Crippen molar-refractivity contribution < 1.29 is 51.1 Å². The van der Waals surface area contributed by atoms with E-state index in [1.807, 2.05) is 99.7 Å². The molecule has 15 nitrogen and oxygen atoms in total. The molecule has 0 radical (unpaired) electrons. The Hall–Kier alpha value is -6.49. The molecule has 0 saturated carbocycles. The number of hydrogen-bond donors (Lipinski definition) is 2. The average molecular weight is 1070 g/mol. The maximum atomic E-state index is 13.7. The Morgan fingerprint density at radius 2 is 0.890 bits per heavy atom. The summed E-state index contributed by atoms with van der Waals surface area (Å²) in [5.74, 6) is 1.51. The van der Waals surface area contributed by atoms with Gasteiger partial charge in [-0.3, -0.25) is 0 Å². The third-order valence-electron chi connectivity index (χ3n) is 11.0. The van der Waals surface area contributed by atoms with Gasteiger partial charge < -0.3 is 42.5 Å². The van der Waals surface area contributed by atoms with E-state index in [1.54, 1.807) is 47.8 Å². The van der Waals surface area contributed by atoms with Crippen molar-refractivity contribution in [3.8, 4) is 45.9 Å². The molecule has 0 aromatic heterocycles. The first-order valence-corrected chi connectivity index (χ1v) is 30.9. The lowest BCUT2D eigenvalue weighted by molar-refractivity contribution is -0.139. The van der Waals surface area contributed by atoms with Gasteiger partial charge in [0.05, 0.1) is 59.3 Å². The molecule has 0 aliphatic rings. The zero-order valence-corrected chi connectivity index (χ0v) is 46.1. The second-order valence-electron chi connectivity index (χ2n) is 17.0. The van der Waals surface area contributed by atoms with Crippen LogP contribution >= 0.6 is 23.5 Å². The standard InChI is InChI=1S/C54H66N4O11S2Si2/c1-9-49(70-35-11-31-63-47-25-21-45(22-26-47)43-17-13-41(37-55)14-18-43)72(7,67-53(61)57-29-33-65-51(59)39(3)4)69-73(8,68-54(62)58-30-34-66-52(60)40(5)6)50(10-2)71-36-12-32-64-48-27-23-46(24-28-48)44-19-15-42(38-56)16-20-44/h13-28,49-50H,3,5,9-12,29-36H2,1-2,4,6-8H3,(H,57,61)(H,58,62). The van der Waals surface area contributed by atoms with E-state index in [0.717, 1.165) is 22.3 Å². The quantitative estimate of drug-likeness (QED) is 0.0216. The van der Waals surface area contributed by atoms with E-state index in [-0.39, 0.29) is 47.2 Å². The summed E-state index contributed by atoms with van der Waals surface area (Å²) in [7, 11) is -7.39. The number of nitriles is 2. The van der Waals surface area contributed by atoms with Crippen molar-refractivity contribution in [2.24, 2.45) is 0 Å². The second kappa shape index (κ2) is 30.5. The van der Waals surface area contributed by atoms with Crippen molar-refractivity contribution in [3.63, 3.8) is 0 Å². The highest BCUT2D eigenvalue weighted by molar-refractivity contribution is 8.02. The maximum absolute atomic E-state index is 13.7. The minimum absolute atomic E-state index is 0.0294. The Kier molecular flexibility index (Phi) is 24.7. The number of ether oxygens (including phenoxy) is 4. The molecule has 0 heterocycles. The highest BCUT2D eigenvalue weighted by Gasteiger charge is 2.55. The molecule has 2 amide bonds. The molecule has 0 fully saturated rings. The summed E-state index contributed by atoms with van der Waals surface area (Å²) in [4.78, 5) is 50.7. The molecular weight excluding hydrogens is 1000 g/mol. The third-order valence-corrected chi connectivity index (χ3v) is 24.6. The fraction of sp³-hybridized carbons (Fsp3) is 0.370. The summed E-state index contributed by atoms with van der Waals surface area (Å²) in [6.45, 7) is 18.4. The normalized spacial score (nSPS) is 13.2. The second-order valence-corrected chi connectivity index (χ2v) is 27.1. The van der Waals surface area contributed by atoms with Gasteiger partial charge in [0.15, 0.2) is 0 Å². The number of carbonyl (C=O) groups excluding carboxylic acids is 4. The lowest BCUT2D eigenvalue weighted by Crippen LogP contribution is -2.64. The van der Waals surface area contributed by atoms with Crippen molar-refractivity contribution in [1.82, 2.24) is 10.6 Å². The van der Waals surface area contributed by atoms with Gasteiger partial charge in [-0.05, 0) is 135 Å². The van der Waals surface area contributed by atoms with Crippen LogP contribution in [0.4, 0.5) is 9.59 Å². The van der Waals surface area contributed by atoms with Gasteiger partial charge in [-0.1, -0.05) is 75.5 Å². The fourth-order valence-electron chi connectivity index (χ4n) is 7.18. The van der Waals surface area contributed by atoms with Crippen molar-refractivity contribution in [2.75, 3.05) is 51.0 Å². The van der Waals surface area contributed by atoms with Gasteiger partial charge in [0.1, 0.15) is 24.7 Å². The minimum atomic E-state index is -3.69. The molecule has 4 unspecified atom stereocenters. The number of thioether (sulfide) groups is 2. The van der Waals surface area contributed by atoms with E-state index in [0.29, 0.717) is 73.0 Å². The highest BCUT2D eigenvalue weighted by Crippen LogP contribution is 2.36. The van der Waals surface area contributed by atoms with E-state index >= 15 is 0 Å². The van der Waals surface area contributed by atoms with E-state index < -0.39 is 41.2 Å². The molecule has 0 aliphatic carbocycles. The van der Waals surface area contributed by atoms with Gasteiger partial charge >= 0.3 is 41.2 Å². The first-order chi connectivity index (χ1) is 35.0. The molecule has 0 bridgehead atoms. The molecule has 4 aromatic carbocycles. The SMILES string of the molecule is C=C(C)C(=O)OCCNC(=O)O[Si](C)(O[Si](C)(OC(=O)NCCOC(=O)C(=C)C)C(CC)SCCCOc1ccc(-c2ccc(C#N)cc2)cc1)C(CC)SCCCOc1ccc(-c2ccc(C#N)cc2)cc1. The lowest BCUT2D eigenvalue weighted by Gasteiger charge is -2.42. The van der Waals surface area contributed by atoms with Crippen LogP contribution in [-0.4, -0.2) is 102 Å². The van der Waals surface area contributed by atoms with Crippen LogP contribution < -0.4 is 20.1 Å². The van der Waals surface area contributed by atoms with Crippen molar-refractivity contribution in [2.45, 2.75) is 76.2 Å². The number of esters is 2. The van der Waals surface area contributed by atoms with E-state index in [2.05, 4.69) is 35.9 Å². The van der Waals surface area contributed by atoms with E-state index in [9.17, 15) is 19.2 Å². The van der Waals surface area contributed by atoms with Crippen LogP contribution in [0.3, 0.4) is 0 Å². The molecule has 0 saturated heterocycles. The molecule has 0 spiro atoms. The minimum Gasteiger partial charge on any atom is -0.494 e. The molecular formula is C54H66N4O11S2Si2. The van der Waals surface area contributed by atoms with Crippen molar-refractivity contribution >= 4 is 64.8 Å². The molecule has 4 aromatic rings. The number of nitrogens with one attached hydrogen (secondary N) is 2. The smallest absolute Gasteiger partial charge is 0.405 e. The Morgan fingerprint density at radius 3 is 1.19 bits per heavy atom. The summed E-state index contributed by atoms with van der Waals surface area (Å²) in [5, 5.41) is 23.7. The molecule has 4 rings (SSSR count). The van der Waals surface area contributed by atoms with Crippen molar-refractivity contribution in [1.29, 1.82) is 10.5 Å².